The topological polar surface area (TPSA) is 69.7 Å². The molecule has 0 bridgehead atoms. The Hall–Kier alpha value is -2.08. The second-order valence-electron chi connectivity index (χ2n) is 8.43. The molecule has 1 saturated carbocycles. The van der Waals surface area contributed by atoms with Crippen LogP contribution in [-0.2, 0) is 9.59 Å². The maximum atomic E-state index is 13.1. The van der Waals surface area contributed by atoms with Gasteiger partial charge in [0.15, 0.2) is 0 Å². The lowest BCUT2D eigenvalue weighted by molar-refractivity contribution is -0.138. The van der Waals surface area contributed by atoms with Crippen LogP contribution in [0.1, 0.15) is 48.9 Å². The summed E-state index contributed by atoms with van der Waals surface area (Å²) in [7, 11) is 0. The summed E-state index contributed by atoms with van der Waals surface area (Å²) in [5, 5.41) is 3.67. The van der Waals surface area contributed by atoms with Crippen molar-refractivity contribution in [2.45, 2.75) is 44.6 Å². The number of hydrogen-bond donors (Lipinski definition) is 1. The maximum absolute atomic E-state index is 13.1. The number of halogens is 1. The van der Waals surface area contributed by atoms with Crippen molar-refractivity contribution < 1.29 is 14.4 Å². The SMILES string of the molecule is O=C(NC(C(=O)N1CCCC1)C1CCN(C(=O)c2ccc(Cl)cc2)CC1)C1CC1. The molecule has 29 heavy (non-hydrogen) atoms. The zero-order valence-electron chi connectivity index (χ0n) is 16.6. The number of hydrogen-bond acceptors (Lipinski definition) is 3. The summed E-state index contributed by atoms with van der Waals surface area (Å²) in [5.41, 5.74) is 0.625. The van der Waals surface area contributed by atoms with E-state index in [2.05, 4.69) is 5.32 Å². The van der Waals surface area contributed by atoms with Gasteiger partial charge in [-0.3, -0.25) is 14.4 Å². The Bertz CT molecular complexity index is 764. The minimum absolute atomic E-state index is 0.00967. The molecule has 7 heteroatoms. The van der Waals surface area contributed by atoms with Crippen molar-refractivity contribution in [1.29, 1.82) is 0 Å². The minimum atomic E-state index is -0.464. The van der Waals surface area contributed by atoms with Gasteiger partial charge in [0.05, 0.1) is 0 Å². The average Bonchev–Trinajstić information content (AvgIpc) is 3.46. The van der Waals surface area contributed by atoms with Crippen molar-refractivity contribution in [3.05, 3.63) is 34.9 Å². The molecule has 2 saturated heterocycles. The number of nitrogens with one attached hydrogen (secondary N) is 1. The summed E-state index contributed by atoms with van der Waals surface area (Å²) in [6.45, 7) is 2.75. The lowest BCUT2D eigenvalue weighted by atomic mass is 9.88. The number of nitrogens with zero attached hydrogens (tertiary/aromatic N) is 2. The monoisotopic (exact) mass is 417 g/mol. The van der Waals surface area contributed by atoms with Gasteiger partial charge >= 0.3 is 0 Å². The van der Waals surface area contributed by atoms with E-state index in [9.17, 15) is 14.4 Å². The fraction of sp³-hybridized carbons (Fsp3) is 0.591. The van der Waals surface area contributed by atoms with Crippen molar-refractivity contribution >= 4 is 29.3 Å². The highest BCUT2D eigenvalue weighted by Gasteiger charge is 2.39. The zero-order chi connectivity index (χ0) is 20.4. The molecule has 0 aromatic heterocycles. The van der Waals surface area contributed by atoms with Crippen LogP contribution < -0.4 is 5.32 Å². The van der Waals surface area contributed by atoms with E-state index in [1.807, 2.05) is 9.80 Å². The molecule has 1 aromatic carbocycles. The van der Waals surface area contributed by atoms with Crippen LogP contribution >= 0.6 is 11.6 Å². The molecule has 1 N–H and O–H groups in total. The first-order valence-electron chi connectivity index (χ1n) is 10.7. The highest BCUT2D eigenvalue weighted by Crippen LogP contribution is 2.30. The normalized spacial score (nSPS) is 21.1. The lowest BCUT2D eigenvalue weighted by Gasteiger charge is -2.37. The summed E-state index contributed by atoms with van der Waals surface area (Å²) in [6, 6.07) is 6.46. The van der Waals surface area contributed by atoms with Gasteiger partial charge in [-0.15, -0.1) is 0 Å². The fourth-order valence-electron chi connectivity index (χ4n) is 4.34. The first-order valence-corrected chi connectivity index (χ1v) is 11.0. The van der Waals surface area contributed by atoms with Gasteiger partial charge in [0.1, 0.15) is 6.04 Å². The van der Waals surface area contributed by atoms with Crippen LogP contribution in [-0.4, -0.2) is 59.7 Å². The lowest BCUT2D eigenvalue weighted by Crippen LogP contribution is -2.54. The van der Waals surface area contributed by atoms with Gasteiger partial charge in [0.2, 0.25) is 11.8 Å². The third kappa shape index (κ3) is 4.74. The maximum Gasteiger partial charge on any atom is 0.253 e. The summed E-state index contributed by atoms with van der Waals surface area (Å²) in [4.78, 5) is 42.0. The van der Waals surface area contributed by atoms with Gasteiger partial charge in [0.25, 0.3) is 5.91 Å². The molecule has 0 spiro atoms. The molecular weight excluding hydrogens is 390 g/mol. The number of likely N-dealkylation sites (tertiary alicyclic amines) is 2. The second kappa shape index (κ2) is 8.74. The first-order chi connectivity index (χ1) is 14.0. The van der Waals surface area contributed by atoms with Crippen LogP contribution in [0.15, 0.2) is 24.3 Å². The van der Waals surface area contributed by atoms with E-state index < -0.39 is 6.04 Å². The highest BCUT2D eigenvalue weighted by molar-refractivity contribution is 6.30. The molecule has 1 atom stereocenters. The number of carbonyl (C=O) groups is 3. The van der Waals surface area contributed by atoms with Crippen LogP contribution in [0.25, 0.3) is 0 Å². The van der Waals surface area contributed by atoms with Crippen LogP contribution in [0.5, 0.6) is 0 Å². The minimum Gasteiger partial charge on any atom is -0.344 e. The molecule has 2 aliphatic heterocycles. The van der Waals surface area contributed by atoms with Crippen LogP contribution in [0.2, 0.25) is 5.02 Å². The number of carbonyl (C=O) groups excluding carboxylic acids is 3. The summed E-state index contributed by atoms with van der Waals surface area (Å²) in [6.07, 6.45) is 5.34. The predicted octanol–water partition coefficient (Wildman–Crippen LogP) is 2.71. The van der Waals surface area contributed by atoms with Crippen LogP contribution in [0.4, 0.5) is 0 Å². The van der Waals surface area contributed by atoms with Crippen molar-refractivity contribution in [2.75, 3.05) is 26.2 Å². The van der Waals surface area contributed by atoms with Crippen molar-refractivity contribution in [3.63, 3.8) is 0 Å². The van der Waals surface area contributed by atoms with E-state index >= 15 is 0 Å². The number of amides is 3. The third-order valence-electron chi connectivity index (χ3n) is 6.32. The number of piperidine rings is 1. The Balaban J connectivity index is 1.40. The van der Waals surface area contributed by atoms with Gasteiger partial charge in [-0.1, -0.05) is 11.6 Å². The van der Waals surface area contributed by atoms with Gasteiger partial charge in [-0.25, -0.2) is 0 Å². The average molecular weight is 418 g/mol. The van der Waals surface area contributed by atoms with Gasteiger partial charge in [-0.2, -0.15) is 0 Å². The molecule has 1 aliphatic carbocycles. The van der Waals surface area contributed by atoms with Crippen LogP contribution in [0, 0.1) is 11.8 Å². The van der Waals surface area contributed by atoms with E-state index in [-0.39, 0.29) is 29.6 Å². The molecule has 3 fully saturated rings. The fourth-order valence-corrected chi connectivity index (χ4v) is 4.47. The summed E-state index contributed by atoms with van der Waals surface area (Å²) in [5.74, 6) is 0.210. The summed E-state index contributed by atoms with van der Waals surface area (Å²) >= 11 is 5.91. The van der Waals surface area contributed by atoms with E-state index in [4.69, 9.17) is 11.6 Å². The Morgan fingerprint density at radius 3 is 2.10 bits per heavy atom. The van der Waals surface area contributed by atoms with Crippen molar-refractivity contribution in [3.8, 4) is 0 Å². The Labute approximate surface area is 176 Å². The van der Waals surface area contributed by atoms with Crippen LogP contribution in [0.3, 0.4) is 0 Å². The molecule has 3 amide bonds. The predicted molar refractivity (Wildman–Crippen MR) is 111 cm³/mol. The van der Waals surface area contributed by atoms with E-state index in [1.165, 1.54) is 0 Å². The molecular formula is C22H28ClN3O3. The third-order valence-corrected chi connectivity index (χ3v) is 6.57. The van der Waals surface area contributed by atoms with Gasteiger partial charge in [-0.05, 0) is 68.7 Å². The summed E-state index contributed by atoms with van der Waals surface area (Å²) < 4.78 is 0. The van der Waals surface area contributed by atoms with Gasteiger partial charge in [0, 0.05) is 42.7 Å². The van der Waals surface area contributed by atoms with E-state index in [0.29, 0.717) is 36.5 Å². The molecule has 1 aromatic rings. The smallest absolute Gasteiger partial charge is 0.253 e. The number of benzene rings is 1. The molecule has 4 rings (SSSR count). The largest absolute Gasteiger partial charge is 0.344 e. The van der Waals surface area contributed by atoms with Gasteiger partial charge < -0.3 is 15.1 Å². The molecule has 1 unspecified atom stereocenters. The first kappa shape index (κ1) is 20.2. The molecule has 2 heterocycles. The Morgan fingerprint density at radius 1 is 0.897 bits per heavy atom. The second-order valence-corrected chi connectivity index (χ2v) is 8.87. The van der Waals surface area contributed by atoms with E-state index in [0.717, 1.165) is 38.8 Å². The molecule has 0 radical (unpaired) electrons. The standard InChI is InChI=1S/C22H28ClN3O3/c23-18-7-5-17(6-8-18)21(28)26-13-9-15(10-14-26)19(24-20(27)16-3-4-16)22(29)25-11-1-2-12-25/h5-8,15-16,19H,1-4,9-14H2,(H,24,27). The molecule has 3 aliphatic rings. The quantitative estimate of drug-likeness (QED) is 0.800. The Morgan fingerprint density at radius 2 is 1.52 bits per heavy atom. The van der Waals surface area contributed by atoms with Crippen molar-refractivity contribution in [1.82, 2.24) is 15.1 Å². The highest BCUT2D eigenvalue weighted by atomic mass is 35.5. The Kier molecular flexibility index (Phi) is 6.09. The molecule has 6 nitrogen and oxygen atoms in total. The van der Waals surface area contributed by atoms with Crippen molar-refractivity contribution in [2.24, 2.45) is 11.8 Å². The molecule has 156 valence electrons. The van der Waals surface area contributed by atoms with E-state index in [1.54, 1.807) is 24.3 Å². The number of rotatable bonds is 5. The zero-order valence-corrected chi connectivity index (χ0v) is 17.4.